The maximum atomic E-state index is 13.4. The molecule has 116 valence electrons. The monoisotopic (exact) mass is 376 g/mol. The topological polar surface area (TPSA) is 58.2 Å². The van der Waals surface area contributed by atoms with Gasteiger partial charge in [-0.25, -0.2) is 17.5 Å². The molecule has 4 nitrogen and oxygen atoms in total. The van der Waals surface area contributed by atoms with Gasteiger partial charge in [0.25, 0.3) is 0 Å². The molecule has 2 saturated heterocycles. The number of piperidine rings is 1. The standard InChI is InChI=1S/C14H18BrFN2O2S/c1-8-4-13(16)12(15)7-14(8)21(19,20)18-11-5-9-2-3-10(6-11)17-9/h4,7,9-11,17-18H,2-3,5-6H2,1H3. The largest absolute Gasteiger partial charge is 0.311 e. The molecular weight excluding hydrogens is 359 g/mol. The summed E-state index contributed by atoms with van der Waals surface area (Å²) in [5.74, 6) is -0.452. The minimum absolute atomic E-state index is 0.0445. The molecule has 3 rings (SSSR count). The average molecular weight is 377 g/mol. The summed E-state index contributed by atoms with van der Waals surface area (Å²) in [4.78, 5) is 0.140. The number of rotatable bonds is 3. The van der Waals surface area contributed by atoms with Gasteiger partial charge in [0, 0.05) is 18.1 Å². The van der Waals surface area contributed by atoms with Gasteiger partial charge < -0.3 is 5.32 Å². The van der Waals surface area contributed by atoms with Gasteiger partial charge >= 0.3 is 0 Å². The Hall–Kier alpha value is -0.500. The van der Waals surface area contributed by atoms with Gasteiger partial charge in [-0.1, -0.05) is 0 Å². The minimum atomic E-state index is -3.62. The summed E-state index contributed by atoms with van der Waals surface area (Å²) >= 11 is 3.05. The SMILES string of the molecule is Cc1cc(F)c(Br)cc1S(=O)(=O)NC1CC2CCC(C1)N2. The Morgan fingerprint density at radius 3 is 2.52 bits per heavy atom. The van der Waals surface area contributed by atoms with Crippen molar-refractivity contribution in [3.05, 3.63) is 28.0 Å². The minimum Gasteiger partial charge on any atom is -0.311 e. The lowest BCUT2D eigenvalue weighted by Crippen LogP contribution is -2.48. The molecule has 2 aliphatic heterocycles. The Morgan fingerprint density at radius 1 is 1.29 bits per heavy atom. The number of hydrogen-bond acceptors (Lipinski definition) is 3. The molecule has 0 saturated carbocycles. The van der Waals surface area contributed by atoms with Crippen LogP contribution in [0.25, 0.3) is 0 Å². The van der Waals surface area contributed by atoms with Crippen LogP contribution in [0.1, 0.15) is 31.2 Å². The van der Waals surface area contributed by atoms with Crippen LogP contribution in [0.3, 0.4) is 0 Å². The lowest BCUT2D eigenvalue weighted by atomic mass is 10.0. The second-order valence-electron chi connectivity index (χ2n) is 5.96. The van der Waals surface area contributed by atoms with Crippen molar-refractivity contribution in [3.63, 3.8) is 0 Å². The van der Waals surface area contributed by atoms with E-state index in [1.807, 2.05) is 0 Å². The fraction of sp³-hybridized carbons (Fsp3) is 0.571. The van der Waals surface area contributed by atoms with E-state index in [4.69, 9.17) is 0 Å². The highest BCUT2D eigenvalue weighted by Crippen LogP contribution is 2.29. The second-order valence-corrected chi connectivity index (χ2v) is 8.50. The van der Waals surface area contributed by atoms with E-state index in [1.54, 1.807) is 6.92 Å². The van der Waals surface area contributed by atoms with Crippen LogP contribution in [0, 0.1) is 12.7 Å². The molecule has 21 heavy (non-hydrogen) atoms. The third kappa shape index (κ3) is 3.16. The summed E-state index contributed by atoms with van der Waals surface area (Å²) in [6, 6.07) is 3.36. The molecule has 0 spiro atoms. The van der Waals surface area contributed by atoms with E-state index in [1.165, 1.54) is 12.1 Å². The predicted molar refractivity (Wildman–Crippen MR) is 82.1 cm³/mol. The molecule has 0 amide bonds. The number of benzene rings is 1. The van der Waals surface area contributed by atoms with E-state index < -0.39 is 15.8 Å². The Morgan fingerprint density at radius 2 is 1.90 bits per heavy atom. The Kier molecular flexibility index (Phi) is 4.11. The van der Waals surface area contributed by atoms with E-state index >= 15 is 0 Å². The molecule has 0 aliphatic carbocycles. The number of halogens is 2. The lowest BCUT2D eigenvalue weighted by molar-refractivity contribution is 0.345. The third-order valence-corrected chi connectivity index (χ3v) is 6.57. The van der Waals surface area contributed by atoms with Crippen molar-refractivity contribution in [2.75, 3.05) is 0 Å². The number of sulfonamides is 1. The zero-order valence-corrected chi connectivity index (χ0v) is 14.1. The van der Waals surface area contributed by atoms with Crippen molar-refractivity contribution in [3.8, 4) is 0 Å². The molecule has 2 atom stereocenters. The Bertz CT molecular complexity index is 653. The van der Waals surface area contributed by atoms with E-state index in [0.29, 0.717) is 17.6 Å². The quantitative estimate of drug-likeness (QED) is 0.851. The fourth-order valence-electron chi connectivity index (χ4n) is 3.35. The van der Waals surface area contributed by atoms with Gasteiger partial charge in [0.15, 0.2) is 0 Å². The van der Waals surface area contributed by atoms with E-state index in [9.17, 15) is 12.8 Å². The van der Waals surface area contributed by atoms with Crippen LogP contribution in [0.2, 0.25) is 0 Å². The molecule has 2 fully saturated rings. The van der Waals surface area contributed by atoms with Crippen LogP contribution < -0.4 is 10.0 Å². The van der Waals surface area contributed by atoms with Gasteiger partial charge in [-0.15, -0.1) is 0 Å². The summed E-state index contributed by atoms with van der Waals surface area (Å²) in [5.41, 5.74) is 0.417. The van der Waals surface area contributed by atoms with Gasteiger partial charge in [0.05, 0.1) is 9.37 Å². The smallest absolute Gasteiger partial charge is 0.241 e. The molecule has 2 N–H and O–H groups in total. The fourth-order valence-corrected chi connectivity index (χ4v) is 5.36. The Balaban J connectivity index is 1.82. The molecule has 2 unspecified atom stereocenters. The summed E-state index contributed by atoms with van der Waals surface area (Å²) in [5, 5.41) is 3.48. The number of hydrogen-bond donors (Lipinski definition) is 2. The van der Waals surface area contributed by atoms with Crippen LogP contribution in [0.4, 0.5) is 4.39 Å². The van der Waals surface area contributed by atoms with E-state index in [0.717, 1.165) is 25.7 Å². The summed E-state index contributed by atoms with van der Waals surface area (Å²) in [6.07, 6.45) is 3.86. The van der Waals surface area contributed by atoms with Crippen molar-refractivity contribution in [2.24, 2.45) is 0 Å². The first-order valence-corrected chi connectivity index (χ1v) is 9.37. The lowest BCUT2D eigenvalue weighted by Gasteiger charge is -2.29. The highest BCUT2D eigenvalue weighted by molar-refractivity contribution is 9.10. The van der Waals surface area contributed by atoms with E-state index in [-0.39, 0.29) is 15.4 Å². The van der Waals surface area contributed by atoms with Crippen molar-refractivity contribution >= 4 is 26.0 Å². The van der Waals surface area contributed by atoms with Gasteiger partial charge in [0.1, 0.15) is 5.82 Å². The van der Waals surface area contributed by atoms with Crippen molar-refractivity contribution in [1.82, 2.24) is 10.0 Å². The third-order valence-electron chi connectivity index (χ3n) is 4.30. The first-order chi connectivity index (χ1) is 9.85. The van der Waals surface area contributed by atoms with Crippen molar-refractivity contribution < 1.29 is 12.8 Å². The Labute approximate surface area is 132 Å². The molecule has 2 heterocycles. The first-order valence-electron chi connectivity index (χ1n) is 7.09. The average Bonchev–Trinajstić information content (AvgIpc) is 2.72. The second kappa shape index (κ2) is 5.61. The van der Waals surface area contributed by atoms with Crippen LogP contribution in [0.5, 0.6) is 0 Å². The molecule has 1 aromatic carbocycles. The molecule has 1 aromatic rings. The van der Waals surface area contributed by atoms with Crippen LogP contribution in [-0.2, 0) is 10.0 Å². The van der Waals surface area contributed by atoms with E-state index in [2.05, 4.69) is 26.0 Å². The first kappa shape index (κ1) is 15.4. The van der Waals surface area contributed by atoms with Gasteiger partial charge in [-0.3, -0.25) is 0 Å². The van der Waals surface area contributed by atoms with Crippen LogP contribution in [0.15, 0.2) is 21.5 Å². The zero-order chi connectivity index (χ0) is 15.2. The summed E-state index contributed by atoms with van der Waals surface area (Å²) in [6.45, 7) is 1.61. The van der Waals surface area contributed by atoms with Crippen molar-refractivity contribution in [2.45, 2.75) is 55.6 Å². The molecule has 2 aliphatic rings. The molecule has 2 bridgehead atoms. The van der Waals surface area contributed by atoms with Gasteiger partial charge in [0.2, 0.25) is 10.0 Å². The molecular formula is C14H18BrFN2O2S. The number of aryl methyl sites for hydroxylation is 1. The maximum Gasteiger partial charge on any atom is 0.241 e. The maximum absolute atomic E-state index is 13.4. The predicted octanol–water partition coefficient (Wildman–Crippen LogP) is 2.46. The molecule has 7 heteroatoms. The normalized spacial score (nSPS) is 28.8. The molecule has 0 radical (unpaired) electrons. The summed E-state index contributed by atoms with van der Waals surface area (Å²) in [7, 11) is -3.62. The van der Waals surface area contributed by atoms with Gasteiger partial charge in [-0.2, -0.15) is 0 Å². The number of fused-ring (bicyclic) bond motifs is 2. The highest BCUT2D eigenvalue weighted by atomic mass is 79.9. The van der Waals surface area contributed by atoms with Gasteiger partial charge in [-0.05, 0) is 66.2 Å². The van der Waals surface area contributed by atoms with Crippen LogP contribution >= 0.6 is 15.9 Å². The highest BCUT2D eigenvalue weighted by Gasteiger charge is 2.35. The van der Waals surface area contributed by atoms with Crippen LogP contribution in [-0.4, -0.2) is 26.5 Å². The van der Waals surface area contributed by atoms with Crippen molar-refractivity contribution in [1.29, 1.82) is 0 Å². The zero-order valence-electron chi connectivity index (χ0n) is 11.7. The number of nitrogens with one attached hydrogen (secondary N) is 2. The summed E-state index contributed by atoms with van der Waals surface area (Å²) < 4.78 is 41.5. The molecule has 0 aromatic heterocycles.